The molecule has 3 rings (SSSR count). The minimum Gasteiger partial charge on any atom is -0.351 e. The van der Waals surface area contributed by atoms with Crippen molar-refractivity contribution in [2.24, 2.45) is 0 Å². The monoisotopic (exact) mass is 393 g/mol. The van der Waals surface area contributed by atoms with Gasteiger partial charge in [-0.1, -0.05) is 41.9 Å². The number of hydrogen-bond acceptors (Lipinski definition) is 3. The van der Waals surface area contributed by atoms with Crippen LogP contribution in [0, 0.1) is 0 Å². The molecular formula is C22H20ClN3O2. The van der Waals surface area contributed by atoms with E-state index in [2.05, 4.69) is 27.8 Å². The first-order valence-electron chi connectivity index (χ1n) is 8.97. The summed E-state index contributed by atoms with van der Waals surface area (Å²) in [6, 6.07) is 20.0. The van der Waals surface area contributed by atoms with Crippen LogP contribution in [0.1, 0.15) is 32.8 Å². The molecule has 0 aliphatic rings. The number of hydrogen-bond donors (Lipinski definition) is 2. The van der Waals surface area contributed by atoms with Crippen LogP contribution >= 0.6 is 11.6 Å². The Kier molecular flexibility index (Phi) is 6.76. The number of carbonyl (C=O) groups is 2. The van der Waals surface area contributed by atoms with E-state index in [-0.39, 0.29) is 17.5 Å². The molecule has 1 aromatic heterocycles. The molecule has 0 radical (unpaired) electrons. The molecule has 142 valence electrons. The Morgan fingerprint density at radius 3 is 2.43 bits per heavy atom. The van der Waals surface area contributed by atoms with Gasteiger partial charge in [0, 0.05) is 29.0 Å². The van der Waals surface area contributed by atoms with Crippen LogP contribution in [-0.2, 0) is 6.42 Å². The number of amides is 2. The van der Waals surface area contributed by atoms with Crippen LogP contribution in [0.3, 0.4) is 0 Å². The first kappa shape index (κ1) is 19.6. The molecule has 5 nitrogen and oxygen atoms in total. The first-order chi connectivity index (χ1) is 13.6. The smallest absolute Gasteiger partial charge is 0.269 e. The van der Waals surface area contributed by atoms with E-state index in [1.807, 2.05) is 18.2 Å². The van der Waals surface area contributed by atoms with Crippen LogP contribution in [0.4, 0.5) is 5.69 Å². The Hall–Kier alpha value is -3.18. The molecule has 0 saturated carbocycles. The second-order valence-corrected chi connectivity index (χ2v) is 6.67. The molecule has 2 aromatic carbocycles. The van der Waals surface area contributed by atoms with E-state index in [1.165, 1.54) is 17.8 Å². The number of nitrogens with zero attached hydrogens (tertiary/aromatic N) is 1. The number of aryl methyl sites for hydroxylation is 1. The maximum Gasteiger partial charge on any atom is 0.269 e. The summed E-state index contributed by atoms with van der Waals surface area (Å²) in [7, 11) is 0. The molecule has 0 unspecified atom stereocenters. The third kappa shape index (κ3) is 5.66. The highest BCUT2D eigenvalue weighted by atomic mass is 35.5. The van der Waals surface area contributed by atoms with Gasteiger partial charge in [-0.2, -0.15) is 0 Å². The number of nitrogens with one attached hydrogen (secondary N) is 2. The highest BCUT2D eigenvalue weighted by Gasteiger charge is 2.12. The van der Waals surface area contributed by atoms with Gasteiger partial charge < -0.3 is 10.6 Å². The highest BCUT2D eigenvalue weighted by molar-refractivity contribution is 6.30. The zero-order chi connectivity index (χ0) is 19.8. The molecule has 6 heteroatoms. The zero-order valence-electron chi connectivity index (χ0n) is 15.2. The highest BCUT2D eigenvalue weighted by Crippen LogP contribution is 2.14. The van der Waals surface area contributed by atoms with E-state index in [1.54, 1.807) is 30.3 Å². The maximum absolute atomic E-state index is 12.4. The van der Waals surface area contributed by atoms with Gasteiger partial charge in [0.1, 0.15) is 5.69 Å². The van der Waals surface area contributed by atoms with Crippen molar-refractivity contribution in [3.8, 4) is 0 Å². The Labute approximate surface area is 168 Å². The lowest BCUT2D eigenvalue weighted by molar-refractivity contribution is 0.0948. The Morgan fingerprint density at radius 2 is 1.68 bits per heavy atom. The van der Waals surface area contributed by atoms with E-state index < -0.39 is 0 Å². The quantitative estimate of drug-likeness (QED) is 0.586. The number of halogens is 1. The van der Waals surface area contributed by atoms with Crippen molar-refractivity contribution < 1.29 is 9.59 Å². The van der Waals surface area contributed by atoms with Crippen molar-refractivity contribution in [3.05, 3.63) is 94.8 Å². The standard InChI is InChI=1S/C22H20ClN3O2/c23-18-8-10-19(11-9-18)26-21(27)17-12-14-24-20(15-17)22(28)25-13-4-7-16-5-2-1-3-6-16/h1-3,5-6,8-12,14-15H,4,7,13H2,(H,25,28)(H,26,27). The molecule has 0 bridgehead atoms. The summed E-state index contributed by atoms with van der Waals surface area (Å²) in [5.41, 5.74) is 2.43. The third-order valence-corrected chi connectivity index (χ3v) is 4.38. The van der Waals surface area contributed by atoms with Crippen molar-refractivity contribution in [1.29, 1.82) is 0 Å². The molecule has 2 amide bonds. The summed E-state index contributed by atoms with van der Waals surface area (Å²) in [6.45, 7) is 0.538. The van der Waals surface area contributed by atoms with Gasteiger partial charge in [0.15, 0.2) is 0 Å². The van der Waals surface area contributed by atoms with Crippen LogP contribution in [0.5, 0.6) is 0 Å². The zero-order valence-corrected chi connectivity index (χ0v) is 15.9. The van der Waals surface area contributed by atoms with Crippen LogP contribution in [-0.4, -0.2) is 23.3 Å². The number of aromatic nitrogens is 1. The Bertz CT molecular complexity index is 944. The molecule has 0 saturated heterocycles. The summed E-state index contributed by atoms with van der Waals surface area (Å²) < 4.78 is 0. The minimum absolute atomic E-state index is 0.212. The van der Waals surface area contributed by atoms with Crippen molar-refractivity contribution in [3.63, 3.8) is 0 Å². The molecule has 0 spiro atoms. The van der Waals surface area contributed by atoms with Gasteiger partial charge in [0.2, 0.25) is 0 Å². The SMILES string of the molecule is O=C(Nc1ccc(Cl)cc1)c1ccnc(C(=O)NCCCc2ccccc2)c1. The molecule has 3 aromatic rings. The maximum atomic E-state index is 12.4. The van der Waals surface area contributed by atoms with Gasteiger partial charge in [-0.05, 0) is 54.8 Å². The third-order valence-electron chi connectivity index (χ3n) is 4.13. The topological polar surface area (TPSA) is 71.1 Å². The van der Waals surface area contributed by atoms with Crippen molar-refractivity contribution >= 4 is 29.1 Å². The fourth-order valence-electron chi connectivity index (χ4n) is 2.66. The van der Waals surface area contributed by atoms with Gasteiger partial charge in [-0.3, -0.25) is 14.6 Å². The summed E-state index contributed by atoms with van der Waals surface area (Å²) >= 11 is 5.84. The largest absolute Gasteiger partial charge is 0.351 e. The molecule has 0 aliphatic carbocycles. The van der Waals surface area contributed by atoms with Crippen LogP contribution in [0.25, 0.3) is 0 Å². The second-order valence-electron chi connectivity index (χ2n) is 6.24. The van der Waals surface area contributed by atoms with E-state index in [0.717, 1.165) is 12.8 Å². The molecule has 28 heavy (non-hydrogen) atoms. The van der Waals surface area contributed by atoms with Gasteiger partial charge in [-0.25, -0.2) is 0 Å². The number of benzene rings is 2. The van der Waals surface area contributed by atoms with E-state index in [0.29, 0.717) is 22.8 Å². The Morgan fingerprint density at radius 1 is 0.929 bits per heavy atom. The first-order valence-corrected chi connectivity index (χ1v) is 9.35. The van der Waals surface area contributed by atoms with Crippen molar-refractivity contribution in [2.45, 2.75) is 12.8 Å². The second kappa shape index (κ2) is 9.67. The normalized spacial score (nSPS) is 10.3. The average molecular weight is 394 g/mol. The number of rotatable bonds is 7. The van der Waals surface area contributed by atoms with Crippen molar-refractivity contribution in [2.75, 3.05) is 11.9 Å². The van der Waals surface area contributed by atoms with Gasteiger partial charge >= 0.3 is 0 Å². The number of pyridine rings is 1. The fraction of sp³-hybridized carbons (Fsp3) is 0.136. The van der Waals surface area contributed by atoms with E-state index in [9.17, 15) is 9.59 Å². The molecule has 0 fully saturated rings. The summed E-state index contributed by atoms with van der Waals surface area (Å²) in [6.07, 6.45) is 3.17. The van der Waals surface area contributed by atoms with E-state index >= 15 is 0 Å². The summed E-state index contributed by atoms with van der Waals surface area (Å²) in [4.78, 5) is 28.8. The molecule has 0 atom stereocenters. The van der Waals surface area contributed by atoms with Gasteiger partial charge in [0.05, 0.1) is 0 Å². The average Bonchev–Trinajstić information content (AvgIpc) is 2.73. The van der Waals surface area contributed by atoms with Gasteiger partial charge in [0.25, 0.3) is 11.8 Å². The molecular weight excluding hydrogens is 374 g/mol. The fourth-order valence-corrected chi connectivity index (χ4v) is 2.79. The molecule has 2 N–H and O–H groups in total. The summed E-state index contributed by atoms with van der Waals surface area (Å²) in [5.74, 6) is -0.614. The van der Waals surface area contributed by atoms with Crippen LogP contribution < -0.4 is 10.6 Å². The summed E-state index contributed by atoms with van der Waals surface area (Å²) in [5, 5.41) is 6.20. The van der Waals surface area contributed by atoms with E-state index in [4.69, 9.17) is 11.6 Å². The Balaban J connectivity index is 1.53. The predicted molar refractivity (Wildman–Crippen MR) is 111 cm³/mol. The molecule has 1 heterocycles. The number of carbonyl (C=O) groups excluding carboxylic acids is 2. The predicted octanol–water partition coefficient (Wildman–Crippen LogP) is 4.35. The van der Waals surface area contributed by atoms with Crippen molar-refractivity contribution in [1.82, 2.24) is 10.3 Å². The molecule has 0 aliphatic heterocycles. The minimum atomic E-state index is -0.317. The lowest BCUT2D eigenvalue weighted by Gasteiger charge is -2.08. The van der Waals surface area contributed by atoms with Crippen LogP contribution in [0.15, 0.2) is 72.9 Å². The van der Waals surface area contributed by atoms with Crippen LogP contribution in [0.2, 0.25) is 5.02 Å². The lowest BCUT2D eigenvalue weighted by Crippen LogP contribution is -2.26. The lowest BCUT2D eigenvalue weighted by atomic mass is 10.1. The number of anilines is 1. The van der Waals surface area contributed by atoms with Gasteiger partial charge in [-0.15, -0.1) is 0 Å².